The zero-order valence-electron chi connectivity index (χ0n) is 19.0. The Morgan fingerprint density at radius 3 is 2.69 bits per heavy atom. The number of hydrogen-bond donors (Lipinski definition) is 1. The van der Waals surface area contributed by atoms with Crippen molar-refractivity contribution in [3.63, 3.8) is 0 Å². The fraction of sp³-hybridized carbons (Fsp3) is 0.160. The molecule has 0 spiro atoms. The summed E-state index contributed by atoms with van der Waals surface area (Å²) < 4.78 is 12.5. The Hall–Kier alpha value is -4.38. The van der Waals surface area contributed by atoms with Gasteiger partial charge in [0.2, 0.25) is 12.7 Å². The van der Waals surface area contributed by atoms with E-state index < -0.39 is 4.92 Å². The van der Waals surface area contributed by atoms with E-state index in [0.717, 1.165) is 11.3 Å². The molecule has 182 valence electrons. The highest BCUT2D eigenvalue weighted by molar-refractivity contribution is 7.99. The van der Waals surface area contributed by atoms with Crippen LogP contribution in [0.5, 0.6) is 11.5 Å². The lowest BCUT2D eigenvalue weighted by Crippen LogP contribution is -2.23. The number of hydrogen-bond acceptors (Lipinski definition) is 8. The molecule has 0 atom stereocenters. The van der Waals surface area contributed by atoms with Crippen molar-refractivity contribution in [1.29, 1.82) is 0 Å². The van der Waals surface area contributed by atoms with E-state index in [1.54, 1.807) is 12.1 Å². The summed E-state index contributed by atoms with van der Waals surface area (Å²) in [6, 6.07) is 21.4. The standard InChI is InChI=1S/C25H21N5O5S/c31-23(26-15-17-9-10-21-22(13-17)35-16-34-21)11-12-36-25-28-27-24(29(25)19-6-2-1-3-7-19)18-5-4-8-20(14-18)30(32)33/h1-10,13-14H,11-12,15-16H2,(H,26,31). The molecule has 36 heavy (non-hydrogen) atoms. The summed E-state index contributed by atoms with van der Waals surface area (Å²) in [5.41, 5.74) is 2.29. The maximum Gasteiger partial charge on any atom is 0.270 e. The molecule has 4 aromatic rings. The Labute approximate surface area is 210 Å². The number of fused-ring (bicyclic) bond motifs is 1. The van der Waals surface area contributed by atoms with Gasteiger partial charge in [0, 0.05) is 42.1 Å². The molecule has 0 saturated carbocycles. The third kappa shape index (κ3) is 5.15. The molecular weight excluding hydrogens is 482 g/mol. The van der Waals surface area contributed by atoms with Crippen LogP contribution in [0.15, 0.2) is 78.0 Å². The average Bonchev–Trinajstić information content (AvgIpc) is 3.55. The number of nitrogens with one attached hydrogen (secondary N) is 1. The minimum atomic E-state index is -0.440. The lowest BCUT2D eigenvalue weighted by atomic mass is 10.2. The third-order valence-corrected chi connectivity index (χ3v) is 6.38. The van der Waals surface area contributed by atoms with Crippen molar-refractivity contribution < 1.29 is 19.2 Å². The van der Waals surface area contributed by atoms with Gasteiger partial charge < -0.3 is 14.8 Å². The van der Waals surface area contributed by atoms with Crippen molar-refractivity contribution >= 4 is 23.4 Å². The number of para-hydroxylation sites is 1. The number of thioether (sulfide) groups is 1. The second-order valence-corrected chi connectivity index (χ2v) is 8.91. The zero-order valence-corrected chi connectivity index (χ0v) is 19.8. The van der Waals surface area contributed by atoms with E-state index in [0.29, 0.717) is 40.3 Å². The minimum Gasteiger partial charge on any atom is -0.454 e. The maximum absolute atomic E-state index is 12.4. The molecular formula is C25H21N5O5S. The van der Waals surface area contributed by atoms with Crippen molar-refractivity contribution in [2.45, 2.75) is 18.1 Å². The fourth-order valence-electron chi connectivity index (χ4n) is 3.69. The first-order valence-corrected chi connectivity index (χ1v) is 12.1. The number of aromatic nitrogens is 3. The van der Waals surface area contributed by atoms with E-state index in [9.17, 15) is 14.9 Å². The molecule has 0 bridgehead atoms. The summed E-state index contributed by atoms with van der Waals surface area (Å²) >= 11 is 1.39. The summed E-state index contributed by atoms with van der Waals surface area (Å²) in [5, 5.41) is 23.4. The van der Waals surface area contributed by atoms with Gasteiger partial charge in [-0.2, -0.15) is 0 Å². The van der Waals surface area contributed by atoms with Crippen LogP contribution >= 0.6 is 11.8 Å². The largest absolute Gasteiger partial charge is 0.454 e. The zero-order chi connectivity index (χ0) is 24.9. The molecule has 10 nitrogen and oxygen atoms in total. The number of ether oxygens (including phenoxy) is 2. The number of rotatable bonds is 9. The third-order valence-electron chi connectivity index (χ3n) is 5.45. The summed E-state index contributed by atoms with van der Waals surface area (Å²) in [6.45, 7) is 0.593. The van der Waals surface area contributed by atoms with Gasteiger partial charge in [-0.25, -0.2) is 0 Å². The molecule has 5 rings (SSSR count). The Morgan fingerprint density at radius 1 is 1.03 bits per heavy atom. The molecule has 1 amide bonds. The van der Waals surface area contributed by atoms with Gasteiger partial charge in [-0.05, 0) is 29.8 Å². The molecule has 1 aliphatic heterocycles. The van der Waals surface area contributed by atoms with Crippen LogP contribution in [0.3, 0.4) is 0 Å². The maximum atomic E-state index is 12.4. The highest BCUT2D eigenvalue weighted by Gasteiger charge is 2.19. The number of non-ortho nitro benzene ring substituents is 1. The second kappa shape index (κ2) is 10.5. The van der Waals surface area contributed by atoms with Crippen LogP contribution in [0.4, 0.5) is 5.69 Å². The predicted molar refractivity (Wildman–Crippen MR) is 133 cm³/mol. The van der Waals surface area contributed by atoms with Crippen molar-refractivity contribution in [2.24, 2.45) is 0 Å². The lowest BCUT2D eigenvalue weighted by Gasteiger charge is -2.10. The van der Waals surface area contributed by atoms with Crippen LogP contribution in [0.2, 0.25) is 0 Å². The summed E-state index contributed by atoms with van der Waals surface area (Å²) in [4.78, 5) is 23.2. The highest BCUT2D eigenvalue weighted by atomic mass is 32.2. The monoisotopic (exact) mass is 503 g/mol. The van der Waals surface area contributed by atoms with Gasteiger partial charge in [0.15, 0.2) is 22.5 Å². The smallest absolute Gasteiger partial charge is 0.270 e. The molecule has 1 aromatic heterocycles. The number of benzene rings is 3. The van der Waals surface area contributed by atoms with Gasteiger partial charge in [-0.3, -0.25) is 19.5 Å². The molecule has 1 N–H and O–H groups in total. The van der Waals surface area contributed by atoms with Gasteiger partial charge in [0.05, 0.1) is 4.92 Å². The number of carbonyl (C=O) groups is 1. The molecule has 1 aliphatic rings. The molecule has 0 aliphatic carbocycles. The SMILES string of the molecule is O=C(CCSc1nnc(-c2cccc([N+](=O)[O-])c2)n1-c1ccccc1)NCc1ccc2c(c1)OCO2. The summed E-state index contributed by atoms with van der Waals surface area (Å²) in [7, 11) is 0. The molecule has 11 heteroatoms. The topological polar surface area (TPSA) is 121 Å². The van der Waals surface area contributed by atoms with Crippen LogP contribution in [0.25, 0.3) is 17.1 Å². The fourth-order valence-corrected chi connectivity index (χ4v) is 4.58. The quantitative estimate of drug-likeness (QED) is 0.203. The predicted octanol–water partition coefficient (Wildman–Crippen LogP) is 4.37. The van der Waals surface area contributed by atoms with Crippen LogP contribution in [0.1, 0.15) is 12.0 Å². The highest BCUT2D eigenvalue weighted by Crippen LogP contribution is 2.32. The van der Waals surface area contributed by atoms with Crippen LogP contribution < -0.4 is 14.8 Å². The first-order valence-electron chi connectivity index (χ1n) is 11.1. The summed E-state index contributed by atoms with van der Waals surface area (Å²) in [5.74, 6) is 2.25. The van der Waals surface area contributed by atoms with Gasteiger partial charge in [0.25, 0.3) is 5.69 Å². The van der Waals surface area contributed by atoms with Crippen molar-refractivity contribution in [1.82, 2.24) is 20.1 Å². The van der Waals surface area contributed by atoms with Crippen LogP contribution in [-0.2, 0) is 11.3 Å². The second-order valence-electron chi connectivity index (χ2n) is 7.85. The van der Waals surface area contributed by atoms with Crippen molar-refractivity contribution in [3.8, 4) is 28.6 Å². The number of nitro benzene ring substituents is 1. The van der Waals surface area contributed by atoms with Gasteiger partial charge >= 0.3 is 0 Å². The van der Waals surface area contributed by atoms with Crippen molar-refractivity contribution in [3.05, 3.63) is 88.5 Å². The first-order chi connectivity index (χ1) is 17.6. The molecule has 0 unspecified atom stereocenters. The van der Waals surface area contributed by atoms with Gasteiger partial charge in [0.1, 0.15) is 0 Å². The molecule has 0 radical (unpaired) electrons. The van der Waals surface area contributed by atoms with E-state index in [1.165, 1.54) is 23.9 Å². The van der Waals surface area contributed by atoms with Gasteiger partial charge in [-0.15, -0.1) is 10.2 Å². The van der Waals surface area contributed by atoms with E-state index in [2.05, 4.69) is 15.5 Å². The average molecular weight is 504 g/mol. The Balaban J connectivity index is 1.26. The summed E-state index contributed by atoms with van der Waals surface area (Å²) in [6.07, 6.45) is 0.281. The normalized spacial score (nSPS) is 11.9. The molecule has 2 heterocycles. The van der Waals surface area contributed by atoms with Crippen LogP contribution in [-0.4, -0.2) is 38.1 Å². The van der Waals surface area contributed by atoms with Gasteiger partial charge in [-0.1, -0.05) is 48.2 Å². The Morgan fingerprint density at radius 2 is 1.86 bits per heavy atom. The number of amides is 1. The minimum absolute atomic E-state index is 0.0246. The molecule has 0 saturated heterocycles. The first kappa shape index (κ1) is 23.4. The lowest BCUT2D eigenvalue weighted by molar-refractivity contribution is -0.384. The number of nitrogens with zero attached hydrogens (tertiary/aromatic N) is 4. The van der Waals surface area contributed by atoms with Crippen molar-refractivity contribution in [2.75, 3.05) is 12.5 Å². The Bertz CT molecular complexity index is 1410. The van der Waals surface area contributed by atoms with E-state index in [1.807, 2.05) is 53.1 Å². The van der Waals surface area contributed by atoms with E-state index in [4.69, 9.17) is 9.47 Å². The number of nitro groups is 1. The molecule has 0 fully saturated rings. The number of carbonyl (C=O) groups excluding carboxylic acids is 1. The van der Waals surface area contributed by atoms with E-state index >= 15 is 0 Å². The van der Waals surface area contributed by atoms with E-state index in [-0.39, 0.29) is 24.8 Å². The molecule has 3 aromatic carbocycles. The Kier molecular flexibility index (Phi) is 6.80. The van der Waals surface area contributed by atoms with Crippen LogP contribution in [0, 0.1) is 10.1 Å².